The van der Waals surface area contributed by atoms with Crippen molar-refractivity contribution in [1.82, 2.24) is 4.98 Å². The SMILES string of the molecule is C/C(=C/C[C@H](O)/C(C)=C/c1csc(C)n1)CCCC(C)[C@H](O[Si](C)(C)C(C)(C)C)[C@@H](C)C(=O)C(C)(C)[C@H](CC(=O)O)O[Si](C)(C)C(C)(C)C. The number of allylic oxidation sites excluding steroid dienone is 1. The van der Waals surface area contributed by atoms with Crippen LogP contribution < -0.4 is 0 Å². The zero-order valence-corrected chi connectivity index (χ0v) is 36.9. The molecule has 1 unspecified atom stereocenters. The van der Waals surface area contributed by atoms with E-state index in [-0.39, 0.29) is 34.3 Å². The van der Waals surface area contributed by atoms with Crippen molar-refractivity contribution in [2.24, 2.45) is 17.3 Å². The predicted molar refractivity (Wildman–Crippen MR) is 212 cm³/mol. The van der Waals surface area contributed by atoms with Gasteiger partial charge >= 0.3 is 5.97 Å². The van der Waals surface area contributed by atoms with Crippen LogP contribution in [0.1, 0.15) is 126 Å². The molecule has 1 rings (SSSR count). The number of rotatable bonds is 19. The van der Waals surface area contributed by atoms with E-state index in [1.165, 1.54) is 5.57 Å². The van der Waals surface area contributed by atoms with Gasteiger partial charge in [0.25, 0.3) is 0 Å². The summed E-state index contributed by atoms with van der Waals surface area (Å²) in [5.74, 6) is -1.31. The number of carboxylic acid groups (broad SMARTS) is 1. The van der Waals surface area contributed by atoms with Gasteiger partial charge in [0.2, 0.25) is 0 Å². The second kappa shape index (κ2) is 17.9. The predicted octanol–water partition coefficient (Wildman–Crippen LogP) is 10.8. The number of aromatic nitrogens is 1. The number of carbonyl (C=O) groups excluding carboxylic acids is 1. The average Bonchev–Trinajstić information content (AvgIpc) is 3.35. The molecule has 7 nitrogen and oxygen atoms in total. The highest BCUT2D eigenvalue weighted by molar-refractivity contribution is 7.09. The average molecular weight is 738 g/mol. The van der Waals surface area contributed by atoms with E-state index in [9.17, 15) is 19.8 Å². The summed E-state index contributed by atoms with van der Waals surface area (Å²) in [5, 5.41) is 23.5. The Morgan fingerprint density at radius 1 is 0.959 bits per heavy atom. The third-order valence-electron chi connectivity index (χ3n) is 11.2. The van der Waals surface area contributed by atoms with Gasteiger partial charge in [-0.2, -0.15) is 0 Å². The molecule has 0 bridgehead atoms. The van der Waals surface area contributed by atoms with Gasteiger partial charge in [0.1, 0.15) is 5.78 Å². The van der Waals surface area contributed by atoms with E-state index in [1.54, 1.807) is 11.3 Å². The Hall–Kier alpha value is -1.44. The van der Waals surface area contributed by atoms with Crippen LogP contribution in [-0.4, -0.2) is 61.9 Å². The zero-order chi connectivity index (χ0) is 38.3. The van der Waals surface area contributed by atoms with Crippen molar-refractivity contribution in [3.8, 4) is 0 Å². The quantitative estimate of drug-likeness (QED) is 0.108. The topological polar surface area (TPSA) is 106 Å². The second-order valence-corrected chi connectivity index (χ2v) is 28.6. The summed E-state index contributed by atoms with van der Waals surface area (Å²) in [4.78, 5) is 31.1. The number of thiazole rings is 1. The maximum atomic E-state index is 14.5. The van der Waals surface area contributed by atoms with Gasteiger partial charge in [0, 0.05) is 16.7 Å². The largest absolute Gasteiger partial charge is 0.481 e. The molecule has 0 amide bonds. The molecule has 0 fully saturated rings. The van der Waals surface area contributed by atoms with Crippen LogP contribution in [0.25, 0.3) is 6.08 Å². The van der Waals surface area contributed by atoms with Crippen molar-refractivity contribution in [2.45, 2.75) is 177 Å². The number of carboxylic acids is 1. The summed E-state index contributed by atoms with van der Waals surface area (Å²) in [7, 11) is -4.63. The zero-order valence-electron chi connectivity index (χ0n) is 34.0. The van der Waals surface area contributed by atoms with Crippen LogP contribution in [0.4, 0.5) is 0 Å². The fraction of sp³-hybridized carbons (Fsp3) is 0.769. The molecule has 1 heterocycles. The number of aryl methyl sites for hydroxylation is 1. The molecule has 0 aromatic carbocycles. The molecule has 49 heavy (non-hydrogen) atoms. The minimum absolute atomic E-state index is 0.00526. The van der Waals surface area contributed by atoms with Crippen LogP contribution >= 0.6 is 11.3 Å². The molecule has 0 aliphatic carbocycles. The van der Waals surface area contributed by atoms with Gasteiger partial charge in [-0.3, -0.25) is 9.59 Å². The summed E-state index contributed by atoms with van der Waals surface area (Å²) in [6, 6.07) is 0. The highest BCUT2D eigenvalue weighted by Crippen LogP contribution is 2.44. The summed E-state index contributed by atoms with van der Waals surface area (Å²) < 4.78 is 13.8. The van der Waals surface area contributed by atoms with Gasteiger partial charge in [0.15, 0.2) is 16.6 Å². The summed E-state index contributed by atoms with van der Waals surface area (Å²) in [6.45, 7) is 35.6. The fourth-order valence-electron chi connectivity index (χ4n) is 5.50. The van der Waals surface area contributed by atoms with Crippen LogP contribution in [0.2, 0.25) is 36.3 Å². The third-order valence-corrected chi connectivity index (χ3v) is 21.0. The Labute approximate surface area is 305 Å². The Morgan fingerprint density at radius 2 is 1.49 bits per heavy atom. The molecule has 1 aromatic heterocycles. The first kappa shape index (κ1) is 45.6. The molecule has 0 aliphatic heterocycles. The molecule has 0 aliphatic rings. The van der Waals surface area contributed by atoms with E-state index in [1.807, 2.05) is 46.1 Å². The molecule has 2 N–H and O–H groups in total. The van der Waals surface area contributed by atoms with Gasteiger partial charge < -0.3 is 19.1 Å². The number of ketones is 1. The number of hydrogen-bond donors (Lipinski definition) is 2. The third kappa shape index (κ3) is 13.6. The highest BCUT2D eigenvalue weighted by atomic mass is 32.1. The summed E-state index contributed by atoms with van der Waals surface area (Å²) in [5.41, 5.74) is 2.00. The molecule has 0 saturated heterocycles. The Balaban J connectivity index is 3.20. The van der Waals surface area contributed by atoms with E-state index < -0.39 is 46.1 Å². The number of aliphatic hydroxyl groups is 1. The molecular weight excluding hydrogens is 667 g/mol. The van der Waals surface area contributed by atoms with Crippen molar-refractivity contribution < 1.29 is 28.7 Å². The molecule has 0 radical (unpaired) electrons. The minimum Gasteiger partial charge on any atom is -0.481 e. The maximum Gasteiger partial charge on any atom is 0.305 e. The molecule has 10 heteroatoms. The van der Waals surface area contributed by atoms with E-state index >= 15 is 0 Å². The molecule has 0 saturated carbocycles. The molecular formula is C39H71NO6SSi2. The second-order valence-electron chi connectivity index (χ2n) is 18.0. The standard InChI is InChI=1S/C39H71NO6SSi2/c1-26(21-22-32(41)28(3)23-31-25-47-30(5)40-31)19-18-20-27(2)35(46-49(16,17)38(9,10)11)29(4)36(44)39(12,13)33(24-34(42)43)45-48(14,15)37(6,7)8/h21,23,25,27,29,32-33,35,41H,18-20,22,24H2,1-17H3,(H,42,43)/b26-21-,28-23+/t27?,29-,32+,33+,35+/m1/s1. The van der Waals surface area contributed by atoms with Crippen LogP contribution in [0, 0.1) is 24.2 Å². The number of carbonyl (C=O) groups is 2. The lowest BCUT2D eigenvalue weighted by Gasteiger charge is -2.46. The van der Waals surface area contributed by atoms with Gasteiger partial charge in [-0.1, -0.05) is 80.9 Å². The molecule has 0 spiro atoms. The van der Waals surface area contributed by atoms with Crippen molar-refractivity contribution in [2.75, 3.05) is 0 Å². The minimum atomic E-state index is -2.37. The molecule has 1 aromatic rings. The Morgan fingerprint density at radius 3 is 1.96 bits per heavy atom. The van der Waals surface area contributed by atoms with Gasteiger partial charge in [0.05, 0.1) is 35.4 Å². The van der Waals surface area contributed by atoms with E-state index in [2.05, 4.69) is 92.6 Å². The normalized spacial score (nSPS) is 17.4. The first-order chi connectivity index (χ1) is 22.0. The van der Waals surface area contributed by atoms with Crippen LogP contribution in [0.5, 0.6) is 0 Å². The monoisotopic (exact) mass is 737 g/mol. The van der Waals surface area contributed by atoms with Crippen LogP contribution in [0.3, 0.4) is 0 Å². The van der Waals surface area contributed by atoms with Gasteiger partial charge in [-0.15, -0.1) is 11.3 Å². The van der Waals surface area contributed by atoms with E-state index in [0.29, 0.717) is 6.42 Å². The molecule has 5 atom stereocenters. The summed E-state index contributed by atoms with van der Waals surface area (Å²) in [6.07, 6.45) is 5.52. The number of aliphatic carboxylic acids is 1. The highest BCUT2D eigenvalue weighted by Gasteiger charge is 2.49. The van der Waals surface area contributed by atoms with Gasteiger partial charge in [-0.05, 0) is 100 Å². The van der Waals surface area contributed by atoms with E-state index in [4.69, 9.17) is 8.85 Å². The number of aliphatic hydroxyl groups excluding tert-OH is 1. The first-order valence-electron chi connectivity index (χ1n) is 18.1. The van der Waals surface area contributed by atoms with Crippen LogP contribution in [-0.2, 0) is 18.4 Å². The van der Waals surface area contributed by atoms with Crippen molar-refractivity contribution in [3.05, 3.63) is 33.3 Å². The smallest absolute Gasteiger partial charge is 0.305 e. The number of Topliss-reactive ketones (excluding diaryl/α,β-unsaturated/α-hetero) is 1. The maximum absolute atomic E-state index is 14.5. The van der Waals surface area contributed by atoms with Gasteiger partial charge in [-0.25, -0.2) is 4.98 Å². The molecule has 282 valence electrons. The Kier molecular flexibility index (Phi) is 16.6. The lowest BCUT2D eigenvalue weighted by Crippen LogP contribution is -2.54. The van der Waals surface area contributed by atoms with Crippen molar-refractivity contribution in [3.63, 3.8) is 0 Å². The van der Waals surface area contributed by atoms with Crippen molar-refractivity contribution in [1.29, 1.82) is 0 Å². The summed E-state index contributed by atoms with van der Waals surface area (Å²) >= 11 is 1.60. The first-order valence-corrected chi connectivity index (χ1v) is 24.8. The number of nitrogens with zero attached hydrogens (tertiary/aromatic N) is 1. The van der Waals surface area contributed by atoms with Crippen LogP contribution in [0.15, 0.2) is 22.6 Å². The lowest BCUT2D eigenvalue weighted by atomic mass is 9.73. The lowest BCUT2D eigenvalue weighted by molar-refractivity contribution is -0.146. The van der Waals surface area contributed by atoms with E-state index in [0.717, 1.165) is 35.5 Å². The fourth-order valence-corrected chi connectivity index (χ4v) is 8.99. The van der Waals surface area contributed by atoms with Crippen molar-refractivity contribution >= 4 is 45.8 Å². The number of hydrogen-bond acceptors (Lipinski definition) is 7. The Bertz CT molecular complexity index is 1300.